The fourth-order valence-electron chi connectivity index (χ4n) is 1.63. The van der Waals surface area contributed by atoms with Crippen molar-refractivity contribution in [3.63, 3.8) is 0 Å². The second-order valence-corrected chi connectivity index (χ2v) is 4.94. The van der Waals surface area contributed by atoms with Crippen LogP contribution in [0.3, 0.4) is 0 Å². The van der Waals surface area contributed by atoms with Gasteiger partial charge in [-0.05, 0) is 25.1 Å². The molecule has 104 valence electrons. The van der Waals surface area contributed by atoms with Crippen molar-refractivity contribution in [2.24, 2.45) is 0 Å². The Kier molecular flexibility index (Phi) is 3.99. The number of nitrogens with zero attached hydrogens (tertiary/aromatic N) is 2. The molecule has 0 radical (unpaired) electrons. The van der Waals surface area contributed by atoms with E-state index in [2.05, 4.69) is 25.8 Å². The molecule has 0 aliphatic heterocycles. The third-order valence-corrected chi connectivity index (χ3v) is 3.13. The molecule has 0 saturated heterocycles. The summed E-state index contributed by atoms with van der Waals surface area (Å²) in [4.78, 5) is 23.3. The Morgan fingerprint density at radius 1 is 1.45 bits per heavy atom. The van der Waals surface area contributed by atoms with Gasteiger partial charge in [0.1, 0.15) is 11.5 Å². The Balaban J connectivity index is 2.67. The highest BCUT2D eigenvalue weighted by Gasteiger charge is 2.17. The summed E-state index contributed by atoms with van der Waals surface area (Å²) in [5, 5.41) is 3.84. The molecule has 0 fully saturated rings. The monoisotopic (exact) mass is 340 g/mol. The van der Waals surface area contributed by atoms with Gasteiger partial charge in [-0.15, -0.1) is 0 Å². The van der Waals surface area contributed by atoms with Crippen LogP contribution in [0.5, 0.6) is 0 Å². The molecule has 0 aliphatic carbocycles. The summed E-state index contributed by atoms with van der Waals surface area (Å²) >= 11 is 3.15. The lowest BCUT2D eigenvalue weighted by atomic mass is 10.2. The Morgan fingerprint density at radius 3 is 2.75 bits per heavy atom. The van der Waals surface area contributed by atoms with E-state index < -0.39 is 17.2 Å². The van der Waals surface area contributed by atoms with Gasteiger partial charge in [-0.2, -0.15) is 5.10 Å². The largest absolute Gasteiger partial charge is 0.464 e. The summed E-state index contributed by atoms with van der Waals surface area (Å²) in [6.45, 7) is 1.52. The van der Waals surface area contributed by atoms with Crippen LogP contribution in [0.2, 0.25) is 0 Å². The molecule has 1 heterocycles. The predicted molar refractivity (Wildman–Crippen MR) is 73.6 cm³/mol. The highest BCUT2D eigenvalue weighted by molar-refractivity contribution is 9.10. The maximum Gasteiger partial charge on any atom is 0.362 e. The molecule has 0 saturated carbocycles. The number of carbonyl (C=O) groups excluding carboxylic acids is 1. The molecule has 0 aliphatic rings. The summed E-state index contributed by atoms with van der Waals surface area (Å²) in [5.41, 5.74) is -0.524. The van der Waals surface area contributed by atoms with Gasteiger partial charge in [0.25, 0.3) is 0 Å². The number of methoxy groups -OCH3 is 1. The Labute approximate surface area is 122 Å². The topological polar surface area (TPSA) is 61.2 Å². The van der Waals surface area contributed by atoms with Crippen molar-refractivity contribution in [1.82, 2.24) is 9.78 Å². The first kappa shape index (κ1) is 14.4. The molecule has 0 amide bonds. The van der Waals surface area contributed by atoms with Crippen molar-refractivity contribution in [3.05, 3.63) is 56.2 Å². The molecule has 0 unspecified atom stereocenters. The first-order chi connectivity index (χ1) is 9.43. The van der Waals surface area contributed by atoms with E-state index in [9.17, 15) is 14.0 Å². The van der Waals surface area contributed by atoms with Crippen molar-refractivity contribution in [2.45, 2.75) is 6.92 Å². The zero-order valence-corrected chi connectivity index (χ0v) is 12.3. The van der Waals surface area contributed by atoms with Crippen LogP contribution in [-0.2, 0) is 4.74 Å². The number of aryl methyl sites for hydroxylation is 1. The van der Waals surface area contributed by atoms with Gasteiger partial charge in [0.15, 0.2) is 0 Å². The number of hydrogen-bond acceptors (Lipinski definition) is 4. The Bertz CT molecular complexity index is 743. The van der Waals surface area contributed by atoms with Crippen LogP contribution >= 0.6 is 15.9 Å². The molecular formula is C13H10BrFN2O3. The van der Waals surface area contributed by atoms with E-state index in [-0.39, 0.29) is 16.9 Å². The number of halogens is 2. The number of benzene rings is 1. The van der Waals surface area contributed by atoms with Crippen molar-refractivity contribution in [1.29, 1.82) is 0 Å². The van der Waals surface area contributed by atoms with Crippen LogP contribution < -0.4 is 5.43 Å². The van der Waals surface area contributed by atoms with Crippen LogP contribution in [0, 0.1) is 12.7 Å². The van der Waals surface area contributed by atoms with Gasteiger partial charge in [-0.25, -0.2) is 13.9 Å². The standard InChI is InChI=1S/C13H10BrFN2O3/c1-7-6-17(10-4-3-8(14)5-9(10)15)16-11(12(7)18)13(19)20-2/h3-6H,1-2H3. The molecule has 0 atom stereocenters. The third kappa shape index (κ3) is 2.62. The molecule has 5 nitrogen and oxygen atoms in total. The number of carbonyl (C=O) groups is 1. The second-order valence-electron chi connectivity index (χ2n) is 4.02. The van der Waals surface area contributed by atoms with E-state index in [1.54, 1.807) is 6.07 Å². The lowest BCUT2D eigenvalue weighted by Gasteiger charge is -2.09. The Morgan fingerprint density at radius 2 is 2.15 bits per heavy atom. The summed E-state index contributed by atoms with van der Waals surface area (Å²) in [6.07, 6.45) is 1.36. The maximum atomic E-state index is 13.9. The van der Waals surface area contributed by atoms with Crippen LogP contribution in [0.4, 0.5) is 4.39 Å². The first-order valence-corrected chi connectivity index (χ1v) is 6.37. The zero-order valence-electron chi connectivity index (χ0n) is 10.7. The number of rotatable bonds is 2. The van der Waals surface area contributed by atoms with Crippen LogP contribution in [0.25, 0.3) is 5.69 Å². The molecule has 0 bridgehead atoms. The number of esters is 1. The maximum absolute atomic E-state index is 13.9. The molecule has 1 aromatic carbocycles. The fraction of sp³-hybridized carbons (Fsp3) is 0.154. The summed E-state index contributed by atoms with van der Waals surface area (Å²) in [7, 11) is 1.15. The summed E-state index contributed by atoms with van der Waals surface area (Å²) < 4.78 is 20.1. The van der Waals surface area contributed by atoms with Crippen molar-refractivity contribution < 1.29 is 13.9 Å². The van der Waals surface area contributed by atoms with Gasteiger partial charge in [-0.1, -0.05) is 15.9 Å². The van der Waals surface area contributed by atoms with E-state index >= 15 is 0 Å². The van der Waals surface area contributed by atoms with Gasteiger partial charge < -0.3 is 4.74 Å². The number of aromatic nitrogens is 2. The lowest BCUT2D eigenvalue weighted by molar-refractivity contribution is 0.0590. The van der Waals surface area contributed by atoms with Gasteiger partial charge in [0.05, 0.1) is 7.11 Å². The van der Waals surface area contributed by atoms with E-state index in [0.29, 0.717) is 4.47 Å². The van der Waals surface area contributed by atoms with E-state index in [1.165, 1.54) is 25.3 Å². The van der Waals surface area contributed by atoms with E-state index in [4.69, 9.17) is 0 Å². The van der Waals surface area contributed by atoms with Crippen molar-refractivity contribution in [2.75, 3.05) is 7.11 Å². The summed E-state index contributed by atoms with van der Waals surface area (Å²) in [6, 6.07) is 4.38. The average molecular weight is 341 g/mol. The van der Waals surface area contributed by atoms with E-state index in [1.807, 2.05) is 0 Å². The highest BCUT2D eigenvalue weighted by Crippen LogP contribution is 2.18. The van der Waals surface area contributed by atoms with Gasteiger partial charge in [-0.3, -0.25) is 4.79 Å². The minimum atomic E-state index is -0.857. The highest BCUT2D eigenvalue weighted by atomic mass is 79.9. The first-order valence-electron chi connectivity index (χ1n) is 5.58. The van der Waals surface area contributed by atoms with Crippen LogP contribution in [-0.4, -0.2) is 22.9 Å². The Hall–Kier alpha value is -2.02. The second kappa shape index (κ2) is 5.54. The minimum absolute atomic E-state index is 0.126. The minimum Gasteiger partial charge on any atom is -0.464 e. The van der Waals surface area contributed by atoms with Crippen molar-refractivity contribution >= 4 is 21.9 Å². The molecular weight excluding hydrogens is 331 g/mol. The quantitative estimate of drug-likeness (QED) is 0.786. The molecule has 2 rings (SSSR count). The smallest absolute Gasteiger partial charge is 0.362 e. The molecule has 20 heavy (non-hydrogen) atoms. The fourth-order valence-corrected chi connectivity index (χ4v) is 1.96. The SMILES string of the molecule is COC(=O)c1nn(-c2ccc(Br)cc2F)cc(C)c1=O. The van der Waals surface area contributed by atoms with Gasteiger partial charge >= 0.3 is 5.97 Å². The zero-order chi connectivity index (χ0) is 14.9. The normalized spacial score (nSPS) is 10.4. The lowest BCUT2D eigenvalue weighted by Crippen LogP contribution is -2.24. The van der Waals surface area contributed by atoms with Gasteiger partial charge in [0, 0.05) is 16.2 Å². The molecule has 0 N–H and O–H groups in total. The average Bonchev–Trinajstić information content (AvgIpc) is 2.41. The molecule has 1 aromatic heterocycles. The van der Waals surface area contributed by atoms with Gasteiger partial charge in [0.2, 0.25) is 11.1 Å². The van der Waals surface area contributed by atoms with Crippen molar-refractivity contribution in [3.8, 4) is 5.69 Å². The number of hydrogen-bond donors (Lipinski definition) is 0. The van der Waals surface area contributed by atoms with E-state index in [0.717, 1.165) is 11.8 Å². The molecule has 2 aromatic rings. The predicted octanol–water partition coefficient (Wildman–Crippen LogP) is 2.23. The number of ether oxygens (including phenoxy) is 1. The van der Waals surface area contributed by atoms with Crippen LogP contribution in [0.1, 0.15) is 16.1 Å². The molecule has 7 heteroatoms. The molecule has 0 spiro atoms. The van der Waals surface area contributed by atoms with Crippen LogP contribution in [0.15, 0.2) is 33.7 Å². The third-order valence-electron chi connectivity index (χ3n) is 2.63. The summed E-state index contributed by atoms with van der Waals surface area (Å²) in [5.74, 6) is -1.39.